The van der Waals surface area contributed by atoms with E-state index < -0.39 is 0 Å². The summed E-state index contributed by atoms with van der Waals surface area (Å²) in [5.74, 6) is 0.434. The van der Waals surface area contributed by atoms with E-state index >= 15 is 0 Å². The van der Waals surface area contributed by atoms with E-state index in [1.165, 1.54) is 0 Å². The number of ether oxygens (including phenoxy) is 3. The molecule has 1 fully saturated rings. The SMILES string of the molecule is CNc1nc(OC(C)C)nc(OC2CC(C)OC(C)C2)n1. The first-order valence-electron chi connectivity index (χ1n) is 7.39. The standard InChI is InChI=1S/C14H24N4O3/c1-8(2)19-13-16-12(15-5)17-14(18-13)21-11-6-9(3)20-10(4)7-11/h8-11H,6-7H2,1-5H3,(H,15,16,17,18). The van der Waals surface area contributed by atoms with Crippen LogP contribution in [-0.2, 0) is 4.74 Å². The lowest BCUT2D eigenvalue weighted by molar-refractivity contribution is -0.0739. The van der Waals surface area contributed by atoms with Gasteiger partial charge in [0, 0.05) is 19.9 Å². The molecule has 1 aromatic heterocycles. The first kappa shape index (κ1) is 15.8. The molecule has 1 aliphatic rings. The van der Waals surface area contributed by atoms with Gasteiger partial charge in [-0.05, 0) is 27.7 Å². The van der Waals surface area contributed by atoms with Gasteiger partial charge in [0.15, 0.2) is 0 Å². The number of rotatable bonds is 5. The lowest BCUT2D eigenvalue weighted by Crippen LogP contribution is -2.36. The van der Waals surface area contributed by atoms with Crippen molar-refractivity contribution in [2.45, 2.75) is 65.0 Å². The Bertz CT molecular complexity index is 460. The topological polar surface area (TPSA) is 78.4 Å². The van der Waals surface area contributed by atoms with Gasteiger partial charge in [0.2, 0.25) is 5.95 Å². The molecule has 0 saturated carbocycles. The second-order valence-corrected chi connectivity index (χ2v) is 5.61. The molecule has 2 unspecified atom stereocenters. The molecule has 2 rings (SSSR count). The highest BCUT2D eigenvalue weighted by molar-refractivity contribution is 5.26. The molecule has 0 amide bonds. The lowest BCUT2D eigenvalue weighted by Gasteiger charge is -2.31. The van der Waals surface area contributed by atoms with Crippen LogP contribution in [0.25, 0.3) is 0 Å². The lowest BCUT2D eigenvalue weighted by atomic mass is 10.0. The Labute approximate surface area is 125 Å². The Hall–Kier alpha value is -1.63. The van der Waals surface area contributed by atoms with Gasteiger partial charge in [-0.25, -0.2) is 0 Å². The van der Waals surface area contributed by atoms with Crippen LogP contribution in [0.15, 0.2) is 0 Å². The molecule has 21 heavy (non-hydrogen) atoms. The summed E-state index contributed by atoms with van der Waals surface area (Å²) in [7, 11) is 1.75. The number of anilines is 1. The molecule has 0 aliphatic carbocycles. The molecule has 0 radical (unpaired) electrons. The summed E-state index contributed by atoms with van der Waals surface area (Å²) in [6.45, 7) is 7.94. The first-order chi connectivity index (χ1) is 9.96. The molecule has 0 spiro atoms. The molecule has 0 aromatic carbocycles. The summed E-state index contributed by atoms with van der Waals surface area (Å²) in [6, 6.07) is 0.559. The number of nitrogens with zero attached hydrogens (tertiary/aromatic N) is 3. The predicted octanol–water partition coefficient (Wildman–Crippen LogP) is 2.04. The van der Waals surface area contributed by atoms with Crippen LogP contribution >= 0.6 is 0 Å². The van der Waals surface area contributed by atoms with E-state index in [-0.39, 0.29) is 36.4 Å². The zero-order valence-electron chi connectivity index (χ0n) is 13.3. The normalized spacial score (nSPS) is 25.7. The summed E-state index contributed by atoms with van der Waals surface area (Å²) in [6.07, 6.45) is 2.04. The summed E-state index contributed by atoms with van der Waals surface area (Å²) in [5, 5.41) is 2.89. The highest BCUT2D eigenvalue weighted by Crippen LogP contribution is 2.23. The van der Waals surface area contributed by atoms with Crippen molar-refractivity contribution in [3.05, 3.63) is 0 Å². The Morgan fingerprint density at radius 3 is 2.29 bits per heavy atom. The zero-order valence-corrected chi connectivity index (χ0v) is 13.3. The van der Waals surface area contributed by atoms with Gasteiger partial charge in [-0.3, -0.25) is 0 Å². The van der Waals surface area contributed by atoms with Crippen molar-refractivity contribution < 1.29 is 14.2 Å². The number of nitrogens with one attached hydrogen (secondary N) is 1. The van der Waals surface area contributed by atoms with Crippen LogP contribution in [0, 0.1) is 0 Å². The third-order valence-electron chi connectivity index (χ3n) is 3.09. The van der Waals surface area contributed by atoms with Crippen molar-refractivity contribution in [2.24, 2.45) is 0 Å². The summed E-state index contributed by atoms with van der Waals surface area (Å²) < 4.78 is 17.1. The van der Waals surface area contributed by atoms with Gasteiger partial charge < -0.3 is 19.5 Å². The molecule has 1 aliphatic heterocycles. The average Bonchev–Trinajstić information content (AvgIpc) is 2.36. The largest absolute Gasteiger partial charge is 0.461 e. The van der Waals surface area contributed by atoms with Crippen LogP contribution in [0.5, 0.6) is 12.0 Å². The Morgan fingerprint density at radius 1 is 1.10 bits per heavy atom. The van der Waals surface area contributed by atoms with Crippen LogP contribution in [-0.4, -0.2) is 46.4 Å². The first-order valence-corrected chi connectivity index (χ1v) is 7.39. The third kappa shape index (κ3) is 4.70. The molecule has 1 saturated heterocycles. The molecule has 7 nitrogen and oxygen atoms in total. The minimum Gasteiger partial charge on any atom is -0.461 e. The minimum atomic E-state index is -0.00641. The second-order valence-electron chi connectivity index (χ2n) is 5.61. The zero-order chi connectivity index (χ0) is 15.4. The number of aromatic nitrogens is 3. The van der Waals surface area contributed by atoms with E-state index in [4.69, 9.17) is 14.2 Å². The van der Waals surface area contributed by atoms with Crippen LogP contribution in [0.1, 0.15) is 40.5 Å². The van der Waals surface area contributed by atoms with Crippen LogP contribution in [0.2, 0.25) is 0 Å². The van der Waals surface area contributed by atoms with Gasteiger partial charge in [0.25, 0.3) is 0 Å². The van der Waals surface area contributed by atoms with E-state index in [2.05, 4.69) is 20.3 Å². The fraction of sp³-hybridized carbons (Fsp3) is 0.786. The fourth-order valence-corrected chi connectivity index (χ4v) is 2.36. The van der Waals surface area contributed by atoms with Gasteiger partial charge in [-0.2, -0.15) is 9.97 Å². The second kappa shape index (κ2) is 6.89. The molecule has 118 valence electrons. The number of hydrogen-bond donors (Lipinski definition) is 1. The van der Waals surface area contributed by atoms with E-state index in [0.717, 1.165) is 12.8 Å². The van der Waals surface area contributed by atoms with Crippen molar-refractivity contribution in [2.75, 3.05) is 12.4 Å². The summed E-state index contributed by atoms with van der Waals surface area (Å²) >= 11 is 0. The van der Waals surface area contributed by atoms with Crippen LogP contribution in [0.3, 0.4) is 0 Å². The summed E-state index contributed by atoms with van der Waals surface area (Å²) in [4.78, 5) is 12.6. The average molecular weight is 296 g/mol. The van der Waals surface area contributed by atoms with Crippen molar-refractivity contribution in [1.29, 1.82) is 0 Å². The van der Waals surface area contributed by atoms with E-state index in [9.17, 15) is 0 Å². The van der Waals surface area contributed by atoms with Gasteiger partial charge in [-0.1, -0.05) is 0 Å². The quantitative estimate of drug-likeness (QED) is 0.890. The summed E-state index contributed by atoms with van der Waals surface area (Å²) in [5.41, 5.74) is 0. The predicted molar refractivity (Wildman–Crippen MR) is 78.8 cm³/mol. The third-order valence-corrected chi connectivity index (χ3v) is 3.09. The monoisotopic (exact) mass is 296 g/mol. The molecular weight excluding hydrogens is 272 g/mol. The highest BCUT2D eigenvalue weighted by Gasteiger charge is 2.27. The van der Waals surface area contributed by atoms with Gasteiger partial charge in [0.05, 0.1) is 18.3 Å². The van der Waals surface area contributed by atoms with Crippen molar-refractivity contribution in [1.82, 2.24) is 15.0 Å². The Balaban J connectivity index is 2.11. The molecule has 1 aromatic rings. The van der Waals surface area contributed by atoms with E-state index in [0.29, 0.717) is 5.95 Å². The van der Waals surface area contributed by atoms with Crippen molar-refractivity contribution >= 4 is 5.95 Å². The van der Waals surface area contributed by atoms with Crippen LogP contribution < -0.4 is 14.8 Å². The molecule has 1 N–H and O–H groups in total. The molecular formula is C14H24N4O3. The van der Waals surface area contributed by atoms with Crippen molar-refractivity contribution in [3.63, 3.8) is 0 Å². The molecule has 0 bridgehead atoms. The molecule has 7 heteroatoms. The molecule has 2 heterocycles. The van der Waals surface area contributed by atoms with Crippen LogP contribution in [0.4, 0.5) is 5.95 Å². The minimum absolute atomic E-state index is 0.00641. The van der Waals surface area contributed by atoms with Gasteiger partial charge >= 0.3 is 12.0 Å². The number of hydrogen-bond acceptors (Lipinski definition) is 7. The maximum Gasteiger partial charge on any atom is 0.324 e. The van der Waals surface area contributed by atoms with Gasteiger partial charge in [0.1, 0.15) is 6.10 Å². The Kier molecular flexibility index (Phi) is 5.17. The maximum atomic E-state index is 5.90. The smallest absolute Gasteiger partial charge is 0.324 e. The molecule has 2 atom stereocenters. The maximum absolute atomic E-state index is 5.90. The fourth-order valence-electron chi connectivity index (χ4n) is 2.36. The van der Waals surface area contributed by atoms with Crippen molar-refractivity contribution in [3.8, 4) is 12.0 Å². The highest BCUT2D eigenvalue weighted by atomic mass is 16.5. The van der Waals surface area contributed by atoms with Gasteiger partial charge in [-0.15, -0.1) is 4.98 Å². The Morgan fingerprint density at radius 2 is 1.71 bits per heavy atom. The van der Waals surface area contributed by atoms with E-state index in [1.807, 2.05) is 27.7 Å². The van der Waals surface area contributed by atoms with E-state index in [1.54, 1.807) is 7.05 Å².